The molecule has 1 aromatic carbocycles. The van der Waals surface area contributed by atoms with Crippen molar-refractivity contribution >= 4 is 0 Å². The summed E-state index contributed by atoms with van der Waals surface area (Å²) in [6.45, 7) is 9.59. The molecule has 1 fully saturated rings. The van der Waals surface area contributed by atoms with Gasteiger partial charge in [0, 0.05) is 25.6 Å². The minimum atomic E-state index is 0.339. The summed E-state index contributed by atoms with van der Waals surface area (Å²) in [6, 6.07) is 6.99. The second kappa shape index (κ2) is 6.06. The Labute approximate surface area is 117 Å². The third-order valence-electron chi connectivity index (χ3n) is 4.97. The van der Waals surface area contributed by atoms with Gasteiger partial charge in [-0.15, -0.1) is 0 Å². The molecule has 2 rings (SSSR count). The summed E-state index contributed by atoms with van der Waals surface area (Å²) in [4.78, 5) is 0. The van der Waals surface area contributed by atoms with Gasteiger partial charge in [-0.25, -0.2) is 0 Å². The summed E-state index contributed by atoms with van der Waals surface area (Å²) in [5, 5.41) is 3.57. The van der Waals surface area contributed by atoms with Crippen molar-refractivity contribution in [3.8, 4) is 0 Å². The van der Waals surface area contributed by atoms with Gasteiger partial charge in [0.15, 0.2) is 0 Å². The maximum Gasteiger partial charge on any atom is 0.0587 e. The minimum absolute atomic E-state index is 0.339. The van der Waals surface area contributed by atoms with Gasteiger partial charge >= 0.3 is 0 Å². The number of benzene rings is 1. The first-order valence-electron chi connectivity index (χ1n) is 7.37. The van der Waals surface area contributed by atoms with E-state index in [1.807, 2.05) is 0 Å². The van der Waals surface area contributed by atoms with Gasteiger partial charge in [0.1, 0.15) is 0 Å². The number of hydrogen-bond donors (Lipinski definition) is 1. The van der Waals surface area contributed by atoms with E-state index in [2.05, 4.69) is 44.3 Å². The fourth-order valence-corrected chi connectivity index (χ4v) is 3.11. The van der Waals surface area contributed by atoms with Crippen LogP contribution in [0.1, 0.15) is 36.5 Å². The first-order chi connectivity index (χ1) is 9.10. The quantitative estimate of drug-likeness (QED) is 0.794. The summed E-state index contributed by atoms with van der Waals surface area (Å²) < 4.78 is 5.11. The lowest BCUT2D eigenvalue weighted by atomic mass is 9.57. The van der Waals surface area contributed by atoms with Crippen molar-refractivity contribution in [1.82, 2.24) is 5.32 Å². The lowest BCUT2D eigenvalue weighted by Crippen LogP contribution is -2.50. The number of nitrogens with one attached hydrogen (secondary N) is 1. The molecule has 2 unspecified atom stereocenters. The SMILES string of the molecule is COCCNCC1(c2ccc(C)c(C)c2)CCC1C. The van der Waals surface area contributed by atoms with E-state index in [1.54, 1.807) is 7.11 Å². The molecular weight excluding hydrogens is 234 g/mol. The van der Waals surface area contributed by atoms with Crippen molar-refractivity contribution < 1.29 is 4.74 Å². The van der Waals surface area contributed by atoms with Crippen LogP contribution in [0.5, 0.6) is 0 Å². The van der Waals surface area contributed by atoms with Crippen LogP contribution in [0.15, 0.2) is 18.2 Å². The summed E-state index contributed by atoms with van der Waals surface area (Å²) in [7, 11) is 1.76. The highest BCUT2D eigenvalue weighted by atomic mass is 16.5. The fraction of sp³-hybridized carbons (Fsp3) is 0.647. The first-order valence-corrected chi connectivity index (χ1v) is 7.37. The Morgan fingerprint density at radius 1 is 1.32 bits per heavy atom. The van der Waals surface area contributed by atoms with E-state index in [4.69, 9.17) is 4.74 Å². The van der Waals surface area contributed by atoms with E-state index >= 15 is 0 Å². The molecule has 19 heavy (non-hydrogen) atoms. The van der Waals surface area contributed by atoms with Gasteiger partial charge in [-0.2, -0.15) is 0 Å². The molecule has 0 aliphatic heterocycles. The van der Waals surface area contributed by atoms with E-state index in [0.29, 0.717) is 5.41 Å². The predicted molar refractivity (Wildman–Crippen MR) is 80.7 cm³/mol. The molecule has 1 saturated carbocycles. The summed E-state index contributed by atoms with van der Waals surface area (Å²) in [6.07, 6.45) is 2.65. The van der Waals surface area contributed by atoms with Gasteiger partial charge in [-0.05, 0) is 49.3 Å². The highest BCUT2D eigenvalue weighted by Crippen LogP contribution is 2.48. The third kappa shape index (κ3) is 2.85. The Balaban J connectivity index is 2.12. The Hall–Kier alpha value is -0.860. The van der Waals surface area contributed by atoms with Crippen molar-refractivity contribution in [2.45, 2.75) is 39.0 Å². The number of methoxy groups -OCH3 is 1. The molecule has 0 bridgehead atoms. The lowest BCUT2D eigenvalue weighted by Gasteiger charge is -2.49. The highest BCUT2D eigenvalue weighted by molar-refractivity contribution is 5.37. The van der Waals surface area contributed by atoms with Crippen LogP contribution in [0.2, 0.25) is 0 Å². The van der Waals surface area contributed by atoms with Gasteiger partial charge < -0.3 is 10.1 Å². The number of aryl methyl sites for hydroxylation is 2. The zero-order valence-electron chi connectivity index (χ0n) is 12.8. The van der Waals surface area contributed by atoms with Crippen molar-refractivity contribution in [3.63, 3.8) is 0 Å². The summed E-state index contributed by atoms with van der Waals surface area (Å²) in [5.74, 6) is 0.768. The van der Waals surface area contributed by atoms with Crippen LogP contribution in [0.4, 0.5) is 0 Å². The van der Waals surface area contributed by atoms with Crippen molar-refractivity contribution in [3.05, 3.63) is 34.9 Å². The second-order valence-electron chi connectivity index (χ2n) is 6.06. The van der Waals surface area contributed by atoms with Gasteiger partial charge in [-0.1, -0.05) is 25.1 Å². The molecule has 0 aromatic heterocycles. The van der Waals surface area contributed by atoms with Gasteiger partial charge in [0.05, 0.1) is 6.61 Å². The number of hydrogen-bond acceptors (Lipinski definition) is 2. The van der Waals surface area contributed by atoms with Crippen LogP contribution in [0.25, 0.3) is 0 Å². The zero-order chi connectivity index (χ0) is 13.9. The van der Waals surface area contributed by atoms with E-state index in [-0.39, 0.29) is 0 Å². The van der Waals surface area contributed by atoms with Gasteiger partial charge in [0.25, 0.3) is 0 Å². The molecule has 0 heterocycles. The van der Waals surface area contributed by atoms with E-state index < -0.39 is 0 Å². The number of rotatable bonds is 6. The maximum absolute atomic E-state index is 5.11. The summed E-state index contributed by atoms with van der Waals surface area (Å²) >= 11 is 0. The van der Waals surface area contributed by atoms with Crippen LogP contribution in [0.3, 0.4) is 0 Å². The predicted octanol–water partition coefficient (Wildman–Crippen LogP) is 3.21. The van der Waals surface area contributed by atoms with E-state index in [9.17, 15) is 0 Å². The molecule has 0 spiro atoms. The first kappa shape index (κ1) is 14.5. The maximum atomic E-state index is 5.11. The van der Waals surface area contributed by atoms with Crippen LogP contribution in [-0.4, -0.2) is 26.8 Å². The standard InChI is InChI=1S/C17H27NO/c1-13-5-6-16(11-14(13)2)17(8-7-15(17)3)12-18-9-10-19-4/h5-6,11,15,18H,7-10,12H2,1-4H3. The Morgan fingerprint density at radius 2 is 2.11 bits per heavy atom. The van der Waals surface area contributed by atoms with Crippen molar-refractivity contribution in [2.75, 3.05) is 26.8 Å². The third-order valence-corrected chi connectivity index (χ3v) is 4.97. The molecule has 0 saturated heterocycles. The molecule has 2 nitrogen and oxygen atoms in total. The van der Waals surface area contributed by atoms with Crippen LogP contribution >= 0.6 is 0 Å². The molecular formula is C17H27NO. The smallest absolute Gasteiger partial charge is 0.0587 e. The van der Waals surface area contributed by atoms with Crippen LogP contribution in [-0.2, 0) is 10.2 Å². The molecule has 106 valence electrons. The normalized spacial score (nSPS) is 26.2. The highest BCUT2D eigenvalue weighted by Gasteiger charge is 2.44. The molecule has 1 aliphatic rings. The van der Waals surface area contributed by atoms with Crippen molar-refractivity contribution in [2.24, 2.45) is 5.92 Å². The Morgan fingerprint density at radius 3 is 2.63 bits per heavy atom. The molecule has 1 aromatic rings. The Bertz CT molecular complexity index is 429. The number of ether oxygens (including phenoxy) is 1. The van der Waals surface area contributed by atoms with E-state index in [0.717, 1.165) is 25.6 Å². The fourth-order valence-electron chi connectivity index (χ4n) is 3.11. The molecule has 2 atom stereocenters. The lowest BCUT2D eigenvalue weighted by molar-refractivity contribution is 0.127. The molecule has 0 radical (unpaired) electrons. The molecule has 0 amide bonds. The largest absolute Gasteiger partial charge is 0.383 e. The summed E-state index contributed by atoms with van der Waals surface area (Å²) in [5.41, 5.74) is 4.65. The molecule has 1 N–H and O–H groups in total. The minimum Gasteiger partial charge on any atom is -0.383 e. The topological polar surface area (TPSA) is 21.3 Å². The average molecular weight is 261 g/mol. The van der Waals surface area contributed by atoms with Gasteiger partial charge in [-0.3, -0.25) is 0 Å². The van der Waals surface area contributed by atoms with Crippen LogP contribution < -0.4 is 5.32 Å². The van der Waals surface area contributed by atoms with Gasteiger partial charge in [0.2, 0.25) is 0 Å². The molecule has 1 aliphatic carbocycles. The van der Waals surface area contributed by atoms with E-state index in [1.165, 1.54) is 29.5 Å². The zero-order valence-corrected chi connectivity index (χ0v) is 12.8. The monoisotopic (exact) mass is 261 g/mol. The average Bonchev–Trinajstić information content (AvgIpc) is 2.40. The Kier molecular flexibility index (Phi) is 4.64. The molecule has 2 heteroatoms. The second-order valence-corrected chi connectivity index (χ2v) is 6.06. The van der Waals surface area contributed by atoms with Crippen LogP contribution in [0, 0.1) is 19.8 Å². The van der Waals surface area contributed by atoms with Crippen molar-refractivity contribution in [1.29, 1.82) is 0 Å².